The summed E-state index contributed by atoms with van der Waals surface area (Å²) in [6.45, 7) is 1.86. The molecule has 0 atom stereocenters. The molecule has 0 saturated heterocycles. The molecule has 0 aliphatic carbocycles. The highest BCUT2D eigenvalue weighted by Crippen LogP contribution is 2.20. The van der Waals surface area contributed by atoms with E-state index in [4.69, 9.17) is 5.26 Å². The summed E-state index contributed by atoms with van der Waals surface area (Å²) in [5.74, 6) is -0.314. The Morgan fingerprint density at radius 2 is 2.25 bits per heavy atom. The molecule has 0 bridgehead atoms. The third-order valence-electron chi connectivity index (χ3n) is 1.65. The lowest BCUT2D eigenvalue weighted by Crippen LogP contribution is -1.90. The van der Waals surface area contributed by atoms with Gasteiger partial charge in [0.25, 0.3) is 0 Å². The molecule has 62 valence electrons. The molecule has 0 spiro atoms. The Labute approximate surface area is 79.0 Å². The molecule has 1 rings (SSSR count). The maximum Gasteiger partial charge on any atom is 0.137 e. The van der Waals surface area contributed by atoms with E-state index in [1.807, 2.05) is 13.0 Å². The highest BCUT2D eigenvalue weighted by atomic mass is 79.9. The molecule has 0 aliphatic heterocycles. The smallest absolute Gasteiger partial charge is 0.137 e. The van der Waals surface area contributed by atoms with Crippen molar-refractivity contribution in [2.45, 2.75) is 13.3 Å². The van der Waals surface area contributed by atoms with Gasteiger partial charge in [-0.1, -0.05) is 0 Å². The molecular weight excluding hydrogens is 221 g/mol. The van der Waals surface area contributed by atoms with Gasteiger partial charge in [0.2, 0.25) is 0 Å². The van der Waals surface area contributed by atoms with Crippen molar-refractivity contribution in [3.05, 3.63) is 33.5 Å². The summed E-state index contributed by atoms with van der Waals surface area (Å²) < 4.78 is 13.4. The van der Waals surface area contributed by atoms with E-state index in [-0.39, 0.29) is 12.2 Å². The van der Waals surface area contributed by atoms with Gasteiger partial charge in [-0.2, -0.15) is 5.26 Å². The zero-order valence-corrected chi connectivity index (χ0v) is 8.15. The van der Waals surface area contributed by atoms with E-state index in [1.54, 1.807) is 6.07 Å². The summed E-state index contributed by atoms with van der Waals surface area (Å²) in [6.07, 6.45) is 0.260. The van der Waals surface area contributed by atoms with E-state index in [2.05, 4.69) is 15.9 Å². The first-order valence-electron chi connectivity index (χ1n) is 3.46. The molecule has 0 N–H and O–H groups in total. The Kier molecular flexibility index (Phi) is 2.83. The number of hydrogen-bond donors (Lipinski definition) is 0. The first-order valence-corrected chi connectivity index (χ1v) is 4.26. The molecule has 1 aromatic rings. The van der Waals surface area contributed by atoms with Crippen LogP contribution in [0.25, 0.3) is 0 Å². The van der Waals surface area contributed by atoms with Gasteiger partial charge in [-0.25, -0.2) is 4.39 Å². The predicted molar refractivity (Wildman–Crippen MR) is 48.2 cm³/mol. The summed E-state index contributed by atoms with van der Waals surface area (Å²) >= 11 is 3.07. The second-order valence-electron chi connectivity index (χ2n) is 2.53. The summed E-state index contributed by atoms with van der Waals surface area (Å²) in [4.78, 5) is 0. The van der Waals surface area contributed by atoms with Crippen molar-refractivity contribution < 1.29 is 4.39 Å². The van der Waals surface area contributed by atoms with Gasteiger partial charge in [0.1, 0.15) is 5.82 Å². The average molecular weight is 228 g/mol. The Hall–Kier alpha value is -0.880. The van der Waals surface area contributed by atoms with Crippen LogP contribution in [0.3, 0.4) is 0 Å². The van der Waals surface area contributed by atoms with Crippen molar-refractivity contribution >= 4 is 15.9 Å². The topological polar surface area (TPSA) is 23.8 Å². The van der Waals surface area contributed by atoms with E-state index in [9.17, 15) is 4.39 Å². The van der Waals surface area contributed by atoms with Crippen molar-refractivity contribution in [2.75, 3.05) is 0 Å². The number of rotatable bonds is 1. The van der Waals surface area contributed by atoms with Crippen LogP contribution in [0.15, 0.2) is 16.6 Å². The predicted octanol–water partition coefficient (Wildman–Crippen LogP) is 2.96. The van der Waals surface area contributed by atoms with Gasteiger partial charge in [-0.05, 0) is 46.1 Å². The lowest BCUT2D eigenvalue weighted by atomic mass is 10.1. The molecule has 1 nitrogen and oxygen atoms in total. The maximum atomic E-state index is 12.9. The summed E-state index contributed by atoms with van der Waals surface area (Å²) in [5.41, 5.74) is 1.68. The van der Waals surface area contributed by atoms with Crippen LogP contribution in [0.4, 0.5) is 4.39 Å². The largest absolute Gasteiger partial charge is 0.206 e. The lowest BCUT2D eigenvalue weighted by molar-refractivity contribution is 0.619. The van der Waals surface area contributed by atoms with Gasteiger partial charge in [0.05, 0.1) is 17.0 Å². The van der Waals surface area contributed by atoms with Gasteiger partial charge in [-0.3, -0.25) is 0 Å². The molecular formula is C9H7BrFN. The van der Waals surface area contributed by atoms with Gasteiger partial charge in [0.15, 0.2) is 0 Å². The first kappa shape index (κ1) is 9.21. The van der Waals surface area contributed by atoms with Crippen molar-refractivity contribution in [3.63, 3.8) is 0 Å². The van der Waals surface area contributed by atoms with E-state index < -0.39 is 0 Å². The lowest BCUT2D eigenvalue weighted by Gasteiger charge is -2.02. The average Bonchev–Trinajstić information content (AvgIpc) is 2.01. The Balaban J connectivity index is 3.16. The van der Waals surface area contributed by atoms with Crippen LogP contribution in [-0.2, 0) is 6.42 Å². The minimum absolute atomic E-state index is 0.260. The summed E-state index contributed by atoms with van der Waals surface area (Å²) in [7, 11) is 0. The van der Waals surface area contributed by atoms with Crippen LogP contribution in [0.1, 0.15) is 11.1 Å². The van der Waals surface area contributed by atoms with E-state index in [1.165, 1.54) is 6.07 Å². The van der Waals surface area contributed by atoms with Crippen molar-refractivity contribution in [1.29, 1.82) is 5.26 Å². The maximum absolute atomic E-state index is 12.9. The molecule has 0 heterocycles. The number of hydrogen-bond acceptors (Lipinski definition) is 1. The van der Waals surface area contributed by atoms with Gasteiger partial charge in [-0.15, -0.1) is 0 Å². The summed E-state index contributed by atoms with van der Waals surface area (Å²) in [5, 5.41) is 8.42. The molecule has 0 saturated carbocycles. The number of nitriles is 1. The van der Waals surface area contributed by atoms with E-state index in [0.29, 0.717) is 4.47 Å². The zero-order valence-electron chi connectivity index (χ0n) is 6.56. The highest BCUT2D eigenvalue weighted by Gasteiger charge is 2.03. The third-order valence-corrected chi connectivity index (χ3v) is 2.26. The van der Waals surface area contributed by atoms with Crippen molar-refractivity contribution in [1.82, 2.24) is 0 Å². The molecule has 0 aromatic heterocycles. The van der Waals surface area contributed by atoms with Gasteiger partial charge in [0, 0.05) is 0 Å². The normalized spacial score (nSPS) is 9.50. The zero-order chi connectivity index (χ0) is 9.14. The quantitative estimate of drug-likeness (QED) is 0.724. The molecule has 0 fully saturated rings. The van der Waals surface area contributed by atoms with E-state index in [0.717, 1.165) is 11.1 Å². The minimum Gasteiger partial charge on any atom is -0.206 e. The molecule has 1 aromatic carbocycles. The fraction of sp³-hybridized carbons (Fsp3) is 0.222. The molecule has 0 unspecified atom stereocenters. The standard InChI is InChI=1S/C9H7BrFN/c1-6-4-8(10)9(11)5-7(6)2-3-12/h4-5H,2H2,1H3. The number of halogens is 2. The highest BCUT2D eigenvalue weighted by molar-refractivity contribution is 9.10. The number of aryl methyl sites for hydroxylation is 1. The third kappa shape index (κ3) is 1.83. The molecule has 12 heavy (non-hydrogen) atoms. The molecule has 3 heteroatoms. The van der Waals surface area contributed by atoms with Gasteiger partial charge >= 0.3 is 0 Å². The number of nitrogens with zero attached hydrogens (tertiary/aromatic N) is 1. The minimum atomic E-state index is -0.314. The fourth-order valence-electron chi connectivity index (χ4n) is 0.963. The molecule has 0 amide bonds. The summed E-state index contributed by atoms with van der Waals surface area (Å²) in [6, 6.07) is 5.06. The second-order valence-corrected chi connectivity index (χ2v) is 3.38. The number of benzene rings is 1. The van der Waals surface area contributed by atoms with Crippen LogP contribution in [-0.4, -0.2) is 0 Å². The van der Waals surface area contributed by atoms with Crippen molar-refractivity contribution in [2.24, 2.45) is 0 Å². The van der Waals surface area contributed by atoms with E-state index >= 15 is 0 Å². The monoisotopic (exact) mass is 227 g/mol. The van der Waals surface area contributed by atoms with Crippen LogP contribution >= 0.6 is 15.9 Å². The van der Waals surface area contributed by atoms with Crippen LogP contribution in [0, 0.1) is 24.1 Å². The Morgan fingerprint density at radius 3 is 2.83 bits per heavy atom. The van der Waals surface area contributed by atoms with Crippen LogP contribution < -0.4 is 0 Å². The SMILES string of the molecule is Cc1cc(Br)c(F)cc1CC#N. The van der Waals surface area contributed by atoms with Crippen molar-refractivity contribution in [3.8, 4) is 6.07 Å². The fourth-order valence-corrected chi connectivity index (χ4v) is 1.42. The second kappa shape index (κ2) is 3.68. The van der Waals surface area contributed by atoms with Crippen LogP contribution in [0.2, 0.25) is 0 Å². The van der Waals surface area contributed by atoms with Gasteiger partial charge < -0.3 is 0 Å². The van der Waals surface area contributed by atoms with Crippen LogP contribution in [0.5, 0.6) is 0 Å². The molecule has 0 aliphatic rings. The molecule has 0 radical (unpaired) electrons. The Bertz CT molecular complexity index is 341. The Morgan fingerprint density at radius 1 is 1.58 bits per heavy atom. The first-order chi connectivity index (χ1) is 5.65.